The topological polar surface area (TPSA) is 351 Å². The van der Waals surface area contributed by atoms with Gasteiger partial charge in [0, 0.05) is 17.8 Å². The fourth-order valence-electron chi connectivity index (χ4n) is 15.9. The summed E-state index contributed by atoms with van der Waals surface area (Å²) in [5.74, 6) is -2.32. The second kappa shape index (κ2) is 21.7. The maximum atomic E-state index is 13.4. The third-order valence-corrected chi connectivity index (χ3v) is 20.9. The third-order valence-electron chi connectivity index (χ3n) is 20.9. The van der Waals surface area contributed by atoms with E-state index in [1.807, 2.05) is 27.7 Å². The van der Waals surface area contributed by atoms with E-state index >= 15 is 0 Å². The standard InChI is InChI=1S/C54H88O22/c1-11-23(2)45(68)76-44-43(67)54(22-71-24(3)56)26(18-49(44,4)5)25-12-13-31-51(8)16-15-32(50(6,7)30(51)14-17-52(31,9)53(25,10)41(65)42(54)66)74-48-40(75-47-39(64)36(61)34(59)28(19-55)72-47)37(62)35(60)29(73-48)21-70-46-38(63)33(58)27(57)20-69-46/h12,23,26-44,46-48,55,57-67H,11,13-22H2,1-10H3/t23-,26-,27-,28+,29+,30-,31+,32-,33-,34+,35+,36-,37-,38+,39+,40+,41-,42+,43-,44-,46-,47-,48-,51-,52+,53-,54-/m0/s1. The van der Waals surface area contributed by atoms with Gasteiger partial charge in [-0.2, -0.15) is 0 Å². The monoisotopic (exact) mass is 1090 g/mol. The molecule has 0 spiro atoms. The zero-order valence-electron chi connectivity index (χ0n) is 45.6. The number of esters is 2. The summed E-state index contributed by atoms with van der Waals surface area (Å²) in [6, 6.07) is 0. The Morgan fingerprint density at radius 2 is 1.38 bits per heavy atom. The molecule has 0 amide bonds. The number of rotatable bonds is 13. The van der Waals surface area contributed by atoms with Gasteiger partial charge in [0.15, 0.2) is 18.9 Å². The summed E-state index contributed by atoms with van der Waals surface area (Å²) in [6.45, 7) is 17.2. The molecule has 12 N–H and O–H groups in total. The van der Waals surface area contributed by atoms with Crippen molar-refractivity contribution in [3.8, 4) is 0 Å². The van der Waals surface area contributed by atoms with Gasteiger partial charge in [-0.1, -0.05) is 74.0 Å². The molecule has 0 aromatic heterocycles. The number of ether oxygens (including phenoxy) is 8. The molecule has 0 bridgehead atoms. The first-order chi connectivity index (χ1) is 35.4. The molecule has 3 heterocycles. The van der Waals surface area contributed by atoms with Crippen LogP contribution in [0, 0.1) is 56.2 Å². The van der Waals surface area contributed by atoms with Crippen LogP contribution in [0.25, 0.3) is 0 Å². The van der Waals surface area contributed by atoms with E-state index in [1.165, 1.54) is 6.92 Å². The lowest BCUT2D eigenvalue weighted by Crippen LogP contribution is -2.76. The molecule has 7 fully saturated rings. The van der Waals surface area contributed by atoms with Crippen LogP contribution in [0.3, 0.4) is 0 Å². The van der Waals surface area contributed by atoms with E-state index in [9.17, 15) is 70.9 Å². The summed E-state index contributed by atoms with van der Waals surface area (Å²) >= 11 is 0. The van der Waals surface area contributed by atoms with E-state index in [4.69, 9.17) is 37.9 Å². The maximum absolute atomic E-state index is 13.4. The van der Waals surface area contributed by atoms with Crippen LogP contribution in [0.15, 0.2) is 11.6 Å². The van der Waals surface area contributed by atoms with Crippen molar-refractivity contribution >= 4 is 11.9 Å². The highest BCUT2D eigenvalue weighted by atomic mass is 16.8. The van der Waals surface area contributed by atoms with Crippen molar-refractivity contribution in [3.05, 3.63) is 11.6 Å². The second-order valence-electron chi connectivity index (χ2n) is 25.7. The van der Waals surface area contributed by atoms with Crippen LogP contribution in [-0.2, 0) is 47.5 Å². The molecule has 8 rings (SSSR count). The third kappa shape index (κ3) is 9.53. The van der Waals surface area contributed by atoms with E-state index in [0.29, 0.717) is 44.9 Å². The van der Waals surface area contributed by atoms with Crippen molar-refractivity contribution in [1.82, 2.24) is 0 Å². The zero-order valence-corrected chi connectivity index (χ0v) is 45.6. The number of fused-ring (bicyclic) bond motifs is 7. The van der Waals surface area contributed by atoms with E-state index in [-0.39, 0.29) is 18.4 Å². The Bertz CT molecular complexity index is 2110. The number of carbonyl (C=O) groups excluding carboxylic acids is 2. The first-order valence-corrected chi connectivity index (χ1v) is 27.4. The van der Waals surface area contributed by atoms with E-state index < -0.39 is 193 Å². The highest BCUT2D eigenvalue weighted by Crippen LogP contribution is 2.76. The van der Waals surface area contributed by atoms with Crippen molar-refractivity contribution in [3.63, 3.8) is 0 Å². The summed E-state index contributed by atoms with van der Waals surface area (Å²) in [4.78, 5) is 25.9. The Hall–Kier alpha value is -2.04. The molecule has 0 aromatic carbocycles. The van der Waals surface area contributed by atoms with Gasteiger partial charge < -0.3 is 99.2 Å². The summed E-state index contributed by atoms with van der Waals surface area (Å²) < 4.78 is 48.0. The second-order valence-corrected chi connectivity index (χ2v) is 25.7. The van der Waals surface area contributed by atoms with Crippen molar-refractivity contribution in [2.75, 3.05) is 26.4 Å². The minimum atomic E-state index is -1.88. The Labute approximate surface area is 444 Å². The molecule has 22 nitrogen and oxygen atoms in total. The van der Waals surface area contributed by atoms with Gasteiger partial charge >= 0.3 is 11.9 Å². The van der Waals surface area contributed by atoms with Crippen molar-refractivity contribution in [2.24, 2.45) is 56.2 Å². The van der Waals surface area contributed by atoms with Crippen LogP contribution >= 0.6 is 0 Å². The number of carbonyl (C=O) groups is 2. The summed E-state index contributed by atoms with van der Waals surface area (Å²) in [7, 11) is 0. The highest BCUT2D eigenvalue weighted by Gasteiger charge is 2.76. The molecule has 27 atom stereocenters. The van der Waals surface area contributed by atoms with Crippen LogP contribution in [-0.4, -0.2) is 216 Å². The van der Waals surface area contributed by atoms with Gasteiger partial charge in [0.2, 0.25) is 0 Å². The zero-order chi connectivity index (χ0) is 56.2. The minimum absolute atomic E-state index is 0.0600. The van der Waals surface area contributed by atoms with Crippen LogP contribution in [0.4, 0.5) is 0 Å². The first kappa shape index (κ1) is 60.1. The van der Waals surface area contributed by atoms with E-state index in [1.54, 1.807) is 6.92 Å². The van der Waals surface area contributed by atoms with E-state index in [0.717, 1.165) is 5.57 Å². The summed E-state index contributed by atoms with van der Waals surface area (Å²) in [6.07, 6.45) is -23.3. The van der Waals surface area contributed by atoms with E-state index in [2.05, 4.69) is 33.8 Å². The molecular formula is C54H88O22. The summed E-state index contributed by atoms with van der Waals surface area (Å²) in [5.41, 5.74) is -4.40. The van der Waals surface area contributed by atoms with Gasteiger partial charge in [0.25, 0.3) is 0 Å². The summed E-state index contributed by atoms with van der Waals surface area (Å²) in [5, 5.41) is 135. The molecule has 76 heavy (non-hydrogen) atoms. The lowest BCUT2D eigenvalue weighted by molar-refractivity contribution is -0.381. The number of allylic oxidation sites excluding steroid dienone is 1. The van der Waals surface area contributed by atoms with Gasteiger partial charge in [0.1, 0.15) is 86.0 Å². The fourth-order valence-corrected chi connectivity index (χ4v) is 15.9. The molecule has 8 aliphatic rings. The van der Waals surface area contributed by atoms with Gasteiger partial charge in [-0.3, -0.25) is 9.59 Å². The van der Waals surface area contributed by atoms with Crippen LogP contribution in [0.5, 0.6) is 0 Å². The maximum Gasteiger partial charge on any atom is 0.309 e. The van der Waals surface area contributed by atoms with Gasteiger partial charge in [-0.25, -0.2) is 0 Å². The first-order valence-electron chi connectivity index (χ1n) is 27.4. The smallest absolute Gasteiger partial charge is 0.309 e. The Morgan fingerprint density at radius 1 is 0.737 bits per heavy atom. The van der Waals surface area contributed by atoms with Crippen molar-refractivity contribution in [1.29, 1.82) is 0 Å². The largest absolute Gasteiger partial charge is 0.465 e. The number of aliphatic hydroxyl groups is 12. The average Bonchev–Trinajstić information content (AvgIpc) is 3.36. The predicted octanol–water partition coefficient (Wildman–Crippen LogP) is -0.696. The number of hydrogen-bond acceptors (Lipinski definition) is 22. The quantitative estimate of drug-likeness (QED) is 0.0617. The highest BCUT2D eigenvalue weighted by molar-refractivity contribution is 5.72. The Morgan fingerprint density at radius 3 is 2.03 bits per heavy atom. The molecule has 0 aromatic rings. The normalized spacial score (nSPS) is 51.2. The molecule has 0 radical (unpaired) electrons. The Kier molecular flexibility index (Phi) is 17.1. The van der Waals surface area contributed by atoms with Crippen molar-refractivity contribution < 1.29 is 109 Å². The minimum Gasteiger partial charge on any atom is -0.465 e. The van der Waals surface area contributed by atoms with Gasteiger partial charge in [0.05, 0.1) is 49.5 Å². The lowest BCUT2D eigenvalue weighted by atomic mass is 9.32. The predicted molar refractivity (Wildman–Crippen MR) is 262 cm³/mol. The Balaban J connectivity index is 1.09. The van der Waals surface area contributed by atoms with Crippen LogP contribution in [0.1, 0.15) is 114 Å². The average molecular weight is 1090 g/mol. The lowest BCUT2D eigenvalue weighted by Gasteiger charge is -2.73. The molecule has 5 aliphatic carbocycles. The van der Waals surface area contributed by atoms with Crippen LogP contribution < -0.4 is 0 Å². The van der Waals surface area contributed by atoms with Crippen molar-refractivity contribution in [2.45, 2.75) is 231 Å². The van der Waals surface area contributed by atoms with Crippen LogP contribution in [0.2, 0.25) is 0 Å². The number of aliphatic hydroxyl groups excluding tert-OH is 12. The molecule has 0 unspecified atom stereocenters. The molecular weight excluding hydrogens is 1000 g/mol. The molecule has 3 saturated heterocycles. The fraction of sp³-hybridized carbons (Fsp3) is 0.926. The SMILES string of the molecule is CC[C@H](C)C(=O)O[C@H]1[C@H](O)[C@]2(COC(C)=O)[C@H](O)[C@H](O)[C@]3(C)C(=CC[C@@H]4[C@@]5(C)CC[C@H](O[C@@H]6O[C@H](CO[C@@H]7OC[C@H](O)[C@H](O)[C@H]7O)[C@@H](O)[C@H](O)[C@H]6O[C@@H]6O[C@H](CO)[C@@H](O)[C@H](O)[C@H]6O)C(C)(C)[C@@H]5CC[C@]43C)[C@@H]2CC1(C)C. The molecule has 22 heteroatoms. The molecule has 3 aliphatic heterocycles. The molecule has 436 valence electrons. The van der Waals surface area contributed by atoms with Gasteiger partial charge in [-0.05, 0) is 78.9 Å². The number of hydrogen-bond donors (Lipinski definition) is 12. The van der Waals surface area contributed by atoms with Gasteiger partial charge in [-0.15, -0.1) is 0 Å². The molecule has 4 saturated carbocycles.